The van der Waals surface area contributed by atoms with E-state index in [9.17, 15) is 18.0 Å². The minimum atomic E-state index is -3.76. The fourth-order valence-electron chi connectivity index (χ4n) is 3.42. The average Bonchev–Trinajstić information content (AvgIpc) is 2.79. The minimum Gasteiger partial charge on any atom is -0.326 e. The minimum absolute atomic E-state index is 0.0380. The maximum atomic E-state index is 12.6. The molecule has 33 heavy (non-hydrogen) atoms. The highest BCUT2D eigenvalue weighted by molar-refractivity contribution is 7.92. The largest absolute Gasteiger partial charge is 0.326 e. The van der Waals surface area contributed by atoms with Gasteiger partial charge in [0.05, 0.1) is 22.4 Å². The lowest BCUT2D eigenvalue weighted by Gasteiger charge is -2.11. The van der Waals surface area contributed by atoms with Crippen LogP contribution in [0.3, 0.4) is 0 Å². The second-order valence-corrected chi connectivity index (χ2v) is 9.32. The SMILES string of the molecule is Cc1ccc(NS(=O)(=O)c2ccc(NC(=O)Cc3nn(C)c(=O)c4ccccc34)cc2)cc1. The maximum Gasteiger partial charge on any atom is 0.274 e. The van der Waals surface area contributed by atoms with Crippen LogP contribution in [0.1, 0.15) is 11.3 Å². The summed E-state index contributed by atoms with van der Waals surface area (Å²) in [7, 11) is -2.22. The molecule has 0 saturated heterocycles. The van der Waals surface area contributed by atoms with Crippen LogP contribution in [0.2, 0.25) is 0 Å². The number of aryl methyl sites for hydroxylation is 2. The maximum absolute atomic E-state index is 12.6. The standard InChI is InChI=1S/C24H22N4O4S/c1-16-7-9-18(10-8-16)27-33(31,32)19-13-11-17(12-14-19)25-23(29)15-22-20-5-3-4-6-21(20)24(30)28(2)26-22/h3-14,27H,15H2,1-2H3,(H,25,29). The van der Waals surface area contributed by atoms with Gasteiger partial charge in [-0.2, -0.15) is 5.10 Å². The van der Waals surface area contributed by atoms with E-state index in [1.54, 1.807) is 43.4 Å². The quantitative estimate of drug-likeness (QED) is 0.457. The van der Waals surface area contributed by atoms with E-state index in [4.69, 9.17) is 0 Å². The van der Waals surface area contributed by atoms with Gasteiger partial charge in [0.15, 0.2) is 0 Å². The second-order valence-electron chi connectivity index (χ2n) is 7.64. The van der Waals surface area contributed by atoms with Gasteiger partial charge in [0, 0.05) is 23.8 Å². The molecule has 1 heterocycles. The van der Waals surface area contributed by atoms with Crippen molar-refractivity contribution < 1.29 is 13.2 Å². The van der Waals surface area contributed by atoms with Gasteiger partial charge in [-0.05, 0) is 49.4 Å². The highest BCUT2D eigenvalue weighted by Gasteiger charge is 2.15. The van der Waals surface area contributed by atoms with Crippen molar-refractivity contribution in [2.75, 3.05) is 10.0 Å². The number of nitrogens with zero attached hydrogens (tertiary/aromatic N) is 2. The van der Waals surface area contributed by atoms with E-state index in [0.717, 1.165) is 5.56 Å². The van der Waals surface area contributed by atoms with Gasteiger partial charge in [-0.15, -0.1) is 0 Å². The van der Waals surface area contributed by atoms with Crippen LogP contribution in [0.15, 0.2) is 82.5 Å². The Morgan fingerprint density at radius 1 is 0.909 bits per heavy atom. The molecule has 4 aromatic rings. The van der Waals surface area contributed by atoms with Crippen LogP contribution in [0.4, 0.5) is 11.4 Å². The molecular formula is C24H22N4O4S. The van der Waals surface area contributed by atoms with E-state index in [2.05, 4.69) is 15.1 Å². The number of hydrogen-bond acceptors (Lipinski definition) is 5. The topological polar surface area (TPSA) is 110 Å². The molecule has 2 N–H and O–H groups in total. The summed E-state index contributed by atoms with van der Waals surface area (Å²) in [6.45, 7) is 1.92. The average molecular weight is 463 g/mol. The molecule has 0 aliphatic rings. The first-order chi connectivity index (χ1) is 15.7. The zero-order valence-electron chi connectivity index (χ0n) is 18.1. The molecule has 0 aliphatic carbocycles. The lowest BCUT2D eigenvalue weighted by molar-refractivity contribution is -0.115. The Balaban J connectivity index is 1.48. The van der Waals surface area contributed by atoms with Crippen LogP contribution < -0.4 is 15.6 Å². The molecule has 9 heteroatoms. The zero-order chi connectivity index (χ0) is 23.6. The molecule has 0 unspecified atom stereocenters. The van der Waals surface area contributed by atoms with Crippen LogP contribution in [0.5, 0.6) is 0 Å². The highest BCUT2D eigenvalue weighted by atomic mass is 32.2. The monoisotopic (exact) mass is 462 g/mol. The number of fused-ring (bicyclic) bond motifs is 1. The van der Waals surface area contributed by atoms with E-state index >= 15 is 0 Å². The predicted molar refractivity (Wildman–Crippen MR) is 128 cm³/mol. The van der Waals surface area contributed by atoms with Gasteiger partial charge in [0.1, 0.15) is 0 Å². The third-order valence-electron chi connectivity index (χ3n) is 5.11. The molecule has 0 bridgehead atoms. The summed E-state index contributed by atoms with van der Waals surface area (Å²) in [5.41, 5.74) is 2.19. The number of amides is 1. The Morgan fingerprint density at radius 3 is 2.18 bits per heavy atom. The van der Waals surface area contributed by atoms with Crippen molar-refractivity contribution in [2.24, 2.45) is 7.05 Å². The van der Waals surface area contributed by atoms with Crippen molar-refractivity contribution in [3.8, 4) is 0 Å². The molecule has 0 radical (unpaired) electrons. The number of rotatable bonds is 6. The summed E-state index contributed by atoms with van der Waals surface area (Å²) in [5, 5.41) is 8.09. The smallest absolute Gasteiger partial charge is 0.274 e. The molecule has 3 aromatic carbocycles. The fourth-order valence-corrected chi connectivity index (χ4v) is 4.48. The van der Waals surface area contributed by atoms with Crippen LogP contribution in [-0.4, -0.2) is 24.1 Å². The van der Waals surface area contributed by atoms with Crippen molar-refractivity contribution in [2.45, 2.75) is 18.2 Å². The number of carbonyl (C=O) groups is 1. The van der Waals surface area contributed by atoms with Gasteiger partial charge in [0.25, 0.3) is 15.6 Å². The number of aromatic nitrogens is 2. The summed E-state index contributed by atoms with van der Waals surface area (Å²) < 4.78 is 29.0. The molecule has 168 valence electrons. The summed E-state index contributed by atoms with van der Waals surface area (Å²) >= 11 is 0. The Hall–Kier alpha value is -3.98. The van der Waals surface area contributed by atoms with Gasteiger partial charge >= 0.3 is 0 Å². The van der Waals surface area contributed by atoms with Gasteiger partial charge in [0.2, 0.25) is 5.91 Å². The molecule has 0 fully saturated rings. The summed E-state index contributed by atoms with van der Waals surface area (Å²) in [4.78, 5) is 24.9. The molecule has 0 spiro atoms. The first-order valence-corrected chi connectivity index (χ1v) is 11.7. The molecule has 4 rings (SSSR count). The zero-order valence-corrected chi connectivity index (χ0v) is 18.9. The lowest BCUT2D eigenvalue weighted by Crippen LogP contribution is -2.24. The molecule has 0 aliphatic heterocycles. The Kier molecular flexibility index (Phi) is 5.97. The molecular weight excluding hydrogens is 440 g/mol. The molecule has 1 aromatic heterocycles. The number of benzene rings is 3. The molecule has 1 amide bonds. The summed E-state index contributed by atoms with van der Waals surface area (Å²) in [6, 6.07) is 19.9. The summed E-state index contributed by atoms with van der Waals surface area (Å²) in [6.07, 6.45) is -0.0380. The van der Waals surface area contributed by atoms with Crippen molar-refractivity contribution >= 4 is 38.1 Å². The fraction of sp³-hybridized carbons (Fsp3) is 0.125. The van der Waals surface area contributed by atoms with E-state index < -0.39 is 10.0 Å². The highest BCUT2D eigenvalue weighted by Crippen LogP contribution is 2.19. The lowest BCUT2D eigenvalue weighted by atomic mass is 10.1. The third kappa shape index (κ3) is 4.93. The number of nitrogens with one attached hydrogen (secondary N) is 2. The molecule has 0 saturated carbocycles. The van der Waals surface area contributed by atoms with Crippen LogP contribution in [0, 0.1) is 6.92 Å². The van der Waals surface area contributed by atoms with Crippen LogP contribution >= 0.6 is 0 Å². The van der Waals surface area contributed by atoms with Gasteiger partial charge < -0.3 is 5.32 Å². The van der Waals surface area contributed by atoms with Crippen molar-refractivity contribution in [1.29, 1.82) is 0 Å². The number of anilines is 2. The van der Waals surface area contributed by atoms with Crippen molar-refractivity contribution in [3.63, 3.8) is 0 Å². The van der Waals surface area contributed by atoms with E-state index in [1.807, 2.05) is 19.1 Å². The van der Waals surface area contributed by atoms with Gasteiger partial charge in [-0.25, -0.2) is 13.1 Å². The van der Waals surface area contributed by atoms with Crippen molar-refractivity contribution in [1.82, 2.24) is 9.78 Å². The Bertz CT molecular complexity index is 1490. The Labute approximate surface area is 190 Å². The number of hydrogen-bond donors (Lipinski definition) is 2. The first kappa shape index (κ1) is 22.2. The van der Waals surface area contributed by atoms with Crippen molar-refractivity contribution in [3.05, 3.63) is 94.4 Å². The second kappa shape index (κ2) is 8.87. The Morgan fingerprint density at radius 2 is 1.52 bits per heavy atom. The van der Waals surface area contributed by atoms with E-state index in [0.29, 0.717) is 27.8 Å². The van der Waals surface area contributed by atoms with E-state index in [1.165, 1.54) is 28.9 Å². The van der Waals surface area contributed by atoms with E-state index in [-0.39, 0.29) is 22.8 Å². The number of carbonyl (C=O) groups excluding carboxylic acids is 1. The molecule has 8 nitrogen and oxygen atoms in total. The van der Waals surface area contributed by atoms with Gasteiger partial charge in [-0.1, -0.05) is 35.9 Å². The van der Waals surface area contributed by atoms with Gasteiger partial charge in [-0.3, -0.25) is 14.3 Å². The first-order valence-electron chi connectivity index (χ1n) is 10.2. The summed E-state index contributed by atoms with van der Waals surface area (Å²) in [5.74, 6) is -0.334. The third-order valence-corrected chi connectivity index (χ3v) is 6.51. The van der Waals surface area contributed by atoms with Crippen LogP contribution in [0.25, 0.3) is 10.8 Å². The predicted octanol–water partition coefficient (Wildman–Crippen LogP) is 3.22. The molecule has 0 atom stereocenters. The van der Waals surface area contributed by atoms with Crippen LogP contribution in [-0.2, 0) is 28.3 Å². The number of sulfonamides is 1. The normalized spacial score (nSPS) is 11.3.